The van der Waals surface area contributed by atoms with E-state index in [-0.39, 0.29) is 0 Å². The number of nitrogens with one attached hydrogen (secondary N) is 1. The molecular weight excluding hydrogens is 244 g/mol. The Morgan fingerprint density at radius 3 is 2.40 bits per heavy atom. The SMILES string of the molecule is CCN(C1CCCC1)C(CNC1CC1)c1ccccc1. The lowest BCUT2D eigenvalue weighted by atomic mass is 10.0. The van der Waals surface area contributed by atoms with Crippen molar-refractivity contribution in [3.8, 4) is 0 Å². The molecule has 0 heterocycles. The molecule has 110 valence electrons. The molecule has 0 spiro atoms. The van der Waals surface area contributed by atoms with Gasteiger partial charge in [-0.05, 0) is 37.8 Å². The first-order valence-electron chi connectivity index (χ1n) is 8.42. The number of hydrogen-bond donors (Lipinski definition) is 1. The van der Waals surface area contributed by atoms with Crippen molar-refractivity contribution in [3.05, 3.63) is 35.9 Å². The van der Waals surface area contributed by atoms with Gasteiger partial charge < -0.3 is 5.32 Å². The van der Waals surface area contributed by atoms with Crippen LogP contribution in [0, 0.1) is 0 Å². The van der Waals surface area contributed by atoms with Crippen LogP contribution in [-0.4, -0.2) is 30.1 Å². The zero-order valence-electron chi connectivity index (χ0n) is 12.7. The molecule has 0 aliphatic heterocycles. The van der Waals surface area contributed by atoms with Crippen molar-refractivity contribution in [2.45, 2.75) is 63.6 Å². The minimum absolute atomic E-state index is 0.546. The van der Waals surface area contributed by atoms with Crippen LogP contribution < -0.4 is 5.32 Å². The van der Waals surface area contributed by atoms with Crippen molar-refractivity contribution in [2.24, 2.45) is 0 Å². The van der Waals surface area contributed by atoms with Crippen LogP contribution in [0.1, 0.15) is 57.1 Å². The fourth-order valence-electron chi connectivity index (χ4n) is 3.64. The van der Waals surface area contributed by atoms with Crippen molar-refractivity contribution in [3.63, 3.8) is 0 Å². The maximum atomic E-state index is 3.75. The van der Waals surface area contributed by atoms with Gasteiger partial charge in [0.1, 0.15) is 0 Å². The van der Waals surface area contributed by atoms with Gasteiger partial charge in [0.25, 0.3) is 0 Å². The van der Waals surface area contributed by atoms with E-state index in [9.17, 15) is 0 Å². The molecule has 0 aromatic heterocycles. The molecule has 1 aromatic rings. The first-order chi connectivity index (χ1) is 9.88. The Labute approximate surface area is 123 Å². The van der Waals surface area contributed by atoms with E-state index in [1.54, 1.807) is 0 Å². The maximum absolute atomic E-state index is 3.75. The highest BCUT2D eigenvalue weighted by atomic mass is 15.2. The van der Waals surface area contributed by atoms with Crippen LogP contribution in [0.2, 0.25) is 0 Å². The minimum Gasteiger partial charge on any atom is -0.312 e. The molecule has 1 atom stereocenters. The van der Waals surface area contributed by atoms with Gasteiger partial charge >= 0.3 is 0 Å². The fourth-order valence-corrected chi connectivity index (χ4v) is 3.64. The Morgan fingerprint density at radius 1 is 1.10 bits per heavy atom. The van der Waals surface area contributed by atoms with Gasteiger partial charge in [-0.15, -0.1) is 0 Å². The lowest BCUT2D eigenvalue weighted by molar-refractivity contribution is 0.140. The van der Waals surface area contributed by atoms with Gasteiger partial charge in [-0.2, -0.15) is 0 Å². The van der Waals surface area contributed by atoms with Gasteiger partial charge in [-0.25, -0.2) is 0 Å². The molecule has 2 aliphatic carbocycles. The molecule has 2 fully saturated rings. The van der Waals surface area contributed by atoms with Crippen molar-refractivity contribution in [1.82, 2.24) is 10.2 Å². The summed E-state index contributed by atoms with van der Waals surface area (Å²) in [7, 11) is 0. The predicted octanol–water partition coefficient (Wildman–Crippen LogP) is 3.74. The molecule has 2 aliphatic rings. The molecule has 0 saturated heterocycles. The van der Waals surface area contributed by atoms with Gasteiger partial charge in [0.15, 0.2) is 0 Å². The van der Waals surface area contributed by atoms with E-state index in [2.05, 4.69) is 47.5 Å². The van der Waals surface area contributed by atoms with Crippen LogP contribution >= 0.6 is 0 Å². The summed E-state index contributed by atoms with van der Waals surface area (Å²) in [5.41, 5.74) is 1.48. The average Bonchev–Trinajstić information content (AvgIpc) is 3.17. The third kappa shape index (κ3) is 3.42. The standard InChI is InChI=1S/C18H28N2/c1-2-20(17-10-6-7-11-17)18(14-19-16-12-13-16)15-8-4-3-5-9-15/h3-5,8-9,16-19H,2,6-7,10-14H2,1H3. The molecule has 1 N–H and O–H groups in total. The second kappa shape index (κ2) is 6.73. The Balaban J connectivity index is 1.74. The summed E-state index contributed by atoms with van der Waals surface area (Å²) in [6, 6.07) is 13.2. The minimum atomic E-state index is 0.546. The van der Waals surface area contributed by atoms with E-state index in [1.165, 1.54) is 44.1 Å². The molecule has 3 rings (SSSR count). The molecule has 20 heavy (non-hydrogen) atoms. The molecule has 0 bridgehead atoms. The largest absolute Gasteiger partial charge is 0.312 e. The molecule has 2 saturated carbocycles. The average molecular weight is 272 g/mol. The lowest BCUT2D eigenvalue weighted by Crippen LogP contribution is -2.41. The Hall–Kier alpha value is -0.860. The van der Waals surface area contributed by atoms with Crippen LogP contribution in [0.5, 0.6) is 0 Å². The number of rotatable bonds is 7. The summed E-state index contributed by atoms with van der Waals surface area (Å²) in [5.74, 6) is 0. The van der Waals surface area contributed by atoms with E-state index < -0.39 is 0 Å². The topological polar surface area (TPSA) is 15.3 Å². The van der Waals surface area contributed by atoms with Crippen LogP contribution in [0.4, 0.5) is 0 Å². The monoisotopic (exact) mass is 272 g/mol. The van der Waals surface area contributed by atoms with Gasteiger partial charge in [0.2, 0.25) is 0 Å². The number of benzene rings is 1. The van der Waals surface area contributed by atoms with Crippen molar-refractivity contribution in [1.29, 1.82) is 0 Å². The number of hydrogen-bond acceptors (Lipinski definition) is 2. The van der Waals surface area contributed by atoms with E-state index in [0.717, 1.165) is 25.2 Å². The van der Waals surface area contributed by atoms with Crippen molar-refractivity contribution in [2.75, 3.05) is 13.1 Å². The molecular formula is C18H28N2. The summed E-state index contributed by atoms with van der Waals surface area (Å²) in [6.45, 7) is 4.60. The van der Waals surface area contributed by atoms with E-state index >= 15 is 0 Å². The lowest BCUT2D eigenvalue weighted by Gasteiger charge is -2.36. The predicted molar refractivity (Wildman–Crippen MR) is 84.8 cm³/mol. The van der Waals surface area contributed by atoms with Crippen molar-refractivity contribution < 1.29 is 0 Å². The summed E-state index contributed by atoms with van der Waals surface area (Å²) >= 11 is 0. The second-order valence-corrected chi connectivity index (χ2v) is 6.38. The molecule has 1 unspecified atom stereocenters. The fraction of sp³-hybridized carbons (Fsp3) is 0.667. The Bertz CT molecular complexity index is 393. The Kier molecular flexibility index (Phi) is 4.74. The van der Waals surface area contributed by atoms with Crippen LogP contribution in [0.25, 0.3) is 0 Å². The Morgan fingerprint density at radius 2 is 1.80 bits per heavy atom. The van der Waals surface area contributed by atoms with E-state index in [4.69, 9.17) is 0 Å². The molecule has 0 amide bonds. The summed E-state index contributed by atoms with van der Waals surface area (Å²) in [6.07, 6.45) is 8.35. The molecule has 2 nitrogen and oxygen atoms in total. The third-order valence-corrected chi connectivity index (χ3v) is 4.92. The van der Waals surface area contributed by atoms with Crippen molar-refractivity contribution >= 4 is 0 Å². The first kappa shape index (κ1) is 14.1. The highest BCUT2D eigenvalue weighted by molar-refractivity contribution is 5.20. The van der Waals surface area contributed by atoms with Crippen LogP contribution in [0.15, 0.2) is 30.3 Å². The highest BCUT2D eigenvalue weighted by Gasteiger charge is 2.30. The maximum Gasteiger partial charge on any atom is 0.0475 e. The third-order valence-electron chi connectivity index (χ3n) is 4.92. The summed E-state index contributed by atoms with van der Waals surface area (Å²) in [5, 5.41) is 3.75. The molecule has 1 aromatic carbocycles. The number of nitrogens with zero attached hydrogens (tertiary/aromatic N) is 1. The molecule has 0 radical (unpaired) electrons. The van der Waals surface area contributed by atoms with E-state index in [0.29, 0.717) is 6.04 Å². The van der Waals surface area contributed by atoms with Gasteiger partial charge in [0, 0.05) is 24.7 Å². The normalized spacial score (nSPS) is 21.5. The van der Waals surface area contributed by atoms with Gasteiger partial charge in [0.05, 0.1) is 0 Å². The number of likely N-dealkylation sites (N-methyl/N-ethyl adjacent to an activating group) is 1. The van der Waals surface area contributed by atoms with Gasteiger partial charge in [-0.1, -0.05) is 50.1 Å². The zero-order valence-corrected chi connectivity index (χ0v) is 12.7. The van der Waals surface area contributed by atoms with Crippen LogP contribution in [-0.2, 0) is 0 Å². The molecule has 2 heteroatoms. The quantitative estimate of drug-likeness (QED) is 0.813. The second-order valence-electron chi connectivity index (χ2n) is 6.38. The summed E-state index contributed by atoms with van der Waals surface area (Å²) < 4.78 is 0. The van der Waals surface area contributed by atoms with Crippen LogP contribution in [0.3, 0.4) is 0 Å². The summed E-state index contributed by atoms with van der Waals surface area (Å²) in [4.78, 5) is 2.75. The smallest absolute Gasteiger partial charge is 0.0475 e. The highest BCUT2D eigenvalue weighted by Crippen LogP contribution is 2.31. The first-order valence-corrected chi connectivity index (χ1v) is 8.42. The van der Waals surface area contributed by atoms with E-state index in [1.807, 2.05) is 0 Å². The zero-order chi connectivity index (χ0) is 13.8. The van der Waals surface area contributed by atoms with Gasteiger partial charge in [-0.3, -0.25) is 4.90 Å².